The summed E-state index contributed by atoms with van der Waals surface area (Å²) in [6, 6.07) is 6.20. The fourth-order valence-electron chi connectivity index (χ4n) is 1.48. The summed E-state index contributed by atoms with van der Waals surface area (Å²) < 4.78 is 4.61. The second-order valence-electron chi connectivity index (χ2n) is 3.82. The van der Waals surface area contributed by atoms with Crippen LogP contribution in [0.2, 0.25) is 0 Å². The fourth-order valence-corrected chi connectivity index (χ4v) is 2.13. The van der Waals surface area contributed by atoms with Gasteiger partial charge >= 0.3 is 5.97 Å². The summed E-state index contributed by atoms with van der Waals surface area (Å²) in [6.45, 7) is 1.95. The van der Waals surface area contributed by atoms with Gasteiger partial charge in [0.05, 0.1) is 12.7 Å². The van der Waals surface area contributed by atoms with Crippen LogP contribution in [0.4, 0.5) is 0 Å². The second kappa shape index (κ2) is 6.33. The van der Waals surface area contributed by atoms with Crippen molar-refractivity contribution in [3.8, 4) is 0 Å². The summed E-state index contributed by atoms with van der Waals surface area (Å²) in [5.74, 6) is -0.960. The molecule has 2 rings (SSSR count). The van der Waals surface area contributed by atoms with Crippen molar-refractivity contribution in [2.75, 3.05) is 7.11 Å². The molecule has 0 fully saturated rings. The Morgan fingerprint density at radius 1 is 1.35 bits per heavy atom. The number of methoxy groups -OCH3 is 1. The van der Waals surface area contributed by atoms with E-state index in [0.717, 1.165) is 11.5 Å². The Hall–Kier alpha value is -2.15. The minimum absolute atomic E-state index is 0.306. The van der Waals surface area contributed by atoms with Gasteiger partial charge in [0.1, 0.15) is 5.04 Å². The van der Waals surface area contributed by atoms with Crippen LogP contribution in [0, 0.1) is 0 Å². The number of amidine groups is 1. The highest BCUT2D eigenvalue weighted by atomic mass is 32.2. The monoisotopic (exact) mass is 290 g/mol. The predicted molar refractivity (Wildman–Crippen MR) is 77.0 cm³/mol. The van der Waals surface area contributed by atoms with Gasteiger partial charge in [0.25, 0.3) is 5.91 Å². The van der Waals surface area contributed by atoms with Gasteiger partial charge < -0.3 is 4.74 Å². The number of aliphatic imine (C=N–C) groups is 1. The molecule has 1 aliphatic rings. The molecule has 103 valence electrons. The fraction of sp³-hybridized carbons (Fsp3) is 0.231. The molecule has 1 aliphatic heterocycles. The van der Waals surface area contributed by atoms with Crippen LogP contribution in [0.1, 0.15) is 34.1 Å². The molecule has 0 N–H and O–H groups in total. The lowest BCUT2D eigenvalue weighted by atomic mass is 10.1. The van der Waals surface area contributed by atoms with Crippen molar-refractivity contribution in [2.24, 2.45) is 10.1 Å². The quantitative estimate of drug-likeness (QED) is 0.798. The number of carbonyl (C=O) groups is 2. The number of hydrogen-bond donors (Lipinski definition) is 0. The lowest BCUT2D eigenvalue weighted by Crippen LogP contribution is -2.07. The Labute approximate surface area is 120 Å². The van der Waals surface area contributed by atoms with Crippen molar-refractivity contribution in [1.82, 2.24) is 5.43 Å². The van der Waals surface area contributed by atoms with Crippen molar-refractivity contribution in [3.05, 3.63) is 35.4 Å². The van der Waals surface area contributed by atoms with Crippen molar-refractivity contribution in [1.29, 1.82) is 0 Å². The number of benzene rings is 1. The summed E-state index contributed by atoms with van der Waals surface area (Å²) in [5.41, 5.74) is 4.43. The van der Waals surface area contributed by atoms with Crippen LogP contribution in [-0.4, -0.2) is 29.2 Å². The lowest BCUT2D eigenvalue weighted by molar-refractivity contribution is 0.0600. The third-order valence-electron chi connectivity index (χ3n) is 2.49. The van der Waals surface area contributed by atoms with Gasteiger partial charge in [0, 0.05) is 5.56 Å². The van der Waals surface area contributed by atoms with Gasteiger partial charge in [-0.1, -0.05) is 13.0 Å². The highest BCUT2D eigenvalue weighted by Crippen LogP contribution is 2.17. The summed E-state index contributed by atoms with van der Waals surface area (Å²) in [6.07, 6.45) is 0.749. The highest BCUT2D eigenvalue weighted by molar-refractivity contribution is 8.26. The molecule has 0 saturated heterocycles. The second-order valence-corrected chi connectivity index (χ2v) is 4.86. The molecule has 0 bridgehead atoms. The average molecular weight is 290 g/mol. The Morgan fingerprint density at radius 2 is 2.10 bits per heavy atom. The zero-order valence-electron chi connectivity index (χ0n) is 11.0. The molecule has 0 unspecified atom stereocenters. The molecule has 0 aliphatic carbocycles. The SMILES string of the molecule is CCC1=N[N]C(=NC(=O)c2cccc(C(=O)OC)c2)S1. The Kier molecular flexibility index (Phi) is 4.52. The zero-order chi connectivity index (χ0) is 14.5. The topological polar surface area (TPSA) is 82.2 Å². The zero-order valence-corrected chi connectivity index (χ0v) is 11.8. The lowest BCUT2D eigenvalue weighted by Gasteiger charge is -2.01. The van der Waals surface area contributed by atoms with Crippen molar-refractivity contribution < 1.29 is 14.3 Å². The third-order valence-corrected chi connectivity index (χ3v) is 3.45. The first kappa shape index (κ1) is 14.3. The van der Waals surface area contributed by atoms with E-state index in [9.17, 15) is 9.59 Å². The molecule has 7 heteroatoms. The van der Waals surface area contributed by atoms with Crippen LogP contribution in [0.3, 0.4) is 0 Å². The Balaban J connectivity index is 2.14. The molecular formula is C13H12N3O3S. The molecule has 0 aromatic heterocycles. The van der Waals surface area contributed by atoms with Gasteiger partial charge in [0.2, 0.25) is 5.17 Å². The molecule has 6 nitrogen and oxygen atoms in total. The largest absolute Gasteiger partial charge is 0.465 e. The number of hydrogen-bond acceptors (Lipinski definition) is 5. The molecule has 1 aromatic carbocycles. The van der Waals surface area contributed by atoms with E-state index in [-0.39, 0.29) is 0 Å². The minimum atomic E-state index is -0.496. The van der Waals surface area contributed by atoms with Gasteiger partial charge in [-0.25, -0.2) is 4.79 Å². The van der Waals surface area contributed by atoms with Crippen molar-refractivity contribution >= 4 is 33.8 Å². The normalized spacial score (nSPS) is 15.7. The van der Waals surface area contributed by atoms with E-state index >= 15 is 0 Å². The van der Waals surface area contributed by atoms with E-state index in [1.54, 1.807) is 18.2 Å². The van der Waals surface area contributed by atoms with Crippen molar-refractivity contribution in [3.63, 3.8) is 0 Å². The van der Waals surface area contributed by atoms with Crippen molar-refractivity contribution in [2.45, 2.75) is 13.3 Å². The summed E-state index contributed by atoms with van der Waals surface area (Å²) in [7, 11) is 1.29. The standard InChI is InChI=1S/C13H12N3O3S/c1-3-10-15-16-13(20-10)14-11(17)8-5-4-6-9(7-8)12(18)19-2/h4-7H,3H2,1-2H3. The predicted octanol–water partition coefficient (Wildman–Crippen LogP) is 2.04. The van der Waals surface area contributed by atoms with E-state index in [0.29, 0.717) is 16.3 Å². The molecule has 0 saturated carbocycles. The van der Waals surface area contributed by atoms with Crippen LogP contribution in [0.5, 0.6) is 0 Å². The molecule has 1 aromatic rings. The van der Waals surface area contributed by atoms with E-state index in [4.69, 9.17) is 0 Å². The van der Waals surface area contributed by atoms with Gasteiger partial charge in [-0.3, -0.25) is 4.79 Å². The number of amides is 1. The molecule has 1 radical (unpaired) electrons. The maximum atomic E-state index is 12.0. The maximum absolute atomic E-state index is 12.0. The smallest absolute Gasteiger partial charge is 0.337 e. The first-order chi connectivity index (χ1) is 9.63. The van der Waals surface area contributed by atoms with E-state index in [2.05, 4.69) is 20.3 Å². The summed E-state index contributed by atoms with van der Waals surface area (Å²) in [4.78, 5) is 27.3. The summed E-state index contributed by atoms with van der Waals surface area (Å²) >= 11 is 1.27. The Morgan fingerprint density at radius 3 is 2.75 bits per heavy atom. The molecular weight excluding hydrogens is 278 g/mol. The Bertz CT molecular complexity index is 611. The third kappa shape index (κ3) is 3.24. The number of thioether (sulfide) groups is 1. The molecule has 0 spiro atoms. The van der Waals surface area contributed by atoms with Crippen LogP contribution < -0.4 is 5.43 Å². The van der Waals surface area contributed by atoms with Crippen LogP contribution in [0.15, 0.2) is 34.4 Å². The van der Waals surface area contributed by atoms with Gasteiger partial charge in [0.15, 0.2) is 0 Å². The van der Waals surface area contributed by atoms with E-state index < -0.39 is 11.9 Å². The van der Waals surface area contributed by atoms with Crippen LogP contribution >= 0.6 is 11.8 Å². The minimum Gasteiger partial charge on any atom is -0.465 e. The van der Waals surface area contributed by atoms with Crippen LogP contribution in [-0.2, 0) is 4.74 Å². The molecule has 0 atom stereocenters. The van der Waals surface area contributed by atoms with Crippen LogP contribution in [0.25, 0.3) is 0 Å². The highest BCUT2D eigenvalue weighted by Gasteiger charge is 2.17. The number of nitrogens with zero attached hydrogens (tertiary/aromatic N) is 3. The maximum Gasteiger partial charge on any atom is 0.337 e. The first-order valence-corrected chi connectivity index (χ1v) is 6.72. The van der Waals surface area contributed by atoms with Gasteiger partial charge in [-0.05, 0) is 36.4 Å². The molecule has 20 heavy (non-hydrogen) atoms. The van der Waals surface area contributed by atoms with E-state index in [1.165, 1.54) is 24.9 Å². The number of esters is 1. The van der Waals surface area contributed by atoms with Gasteiger partial charge in [-0.2, -0.15) is 4.99 Å². The molecule has 1 heterocycles. The number of rotatable bonds is 3. The number of carbonyl (C=O) groups excluding carboxylic acids is 2. The molecule has 1 amide bonds. The average Bonchev–Trinajstić information content (AvgIpc) is 2.94. The van der Waals surface area contributed by atoms with Gasteiger partial charge in [-0.15, -0.1) is 10.5 Å². The van der Waals surface area contributed by atoms with E-state index in [1.807, 2.05) is 6.92 Å². The summed E-state index contributed by atoms with van der Waals surface area (Å²) in [5, 5.41) is 5.02. The first-order valence-electron chi connectivity index (χ1n) is 5.91. The number of ether oxygens (including phenoxy) is 1.